The van der Waals surface area contributed by atoms with E-state index >= 15 is 0 Å². The van der Waals surface area contributed by atoms with E-state index in [1.54, 1.807) is 18.5 Å². The largest absolute Gasteiger partial charge is 0.367 e. The molecule has 0 amide bonds. The van der Waals surface area contributed by atoms with E-state index in [9.17, 15) is 12.8 Å². The van der Waals surface area contributed by atoms with Gasteiger partial charge in [-0.1, -0.05) is 24.9 Å². The van der Waals surface area contributed by atoms with Gasteiger partial charge >= 0.3 is 0 Å². The maximum absolute atomic E-state index is 14.5. The van der Waals surface area contributed by atoms with Crippen LogP contribution >= 0.6 is 11.6 Å². The van der Waals surface area contributed by atoms with Gasteiger partial charge in [-0.25, -0.2) is 22.8 Å². The first-order chi connectivity index (χ1) is 14.7. The Morgan fingerprint density at radius 2 is 2.19 bits per heavy atom. The Labute approximate surface area is 185 Å². The summed E-state index contributed by atoms with van der Waals surface area (Å²) in [6, 6.07) is 0. The molecule has 1 unspecified atom stereocenters. The monoisotopic (exact) mass is 469 g/mol. The minimum Gasteiger partial charge on any atom is -0.367 e. The van der Waals surface area contributed by atoms with E-state index in [-0.39, 0.29) is 30.8 Å². The van der Waals surface area contributed by atoms with E-state index < -0.39 is 21.5 Å². The molecule has 0 aromatic carbocycles. The lowest BCUT2D eigenvalue weighted by Gasteiger charge is -2.27. The number of aromatic nitrogens is 2. The number of nitrogens with zero attached hydrogens (tertiary/aromatic N) is 3. The van der Waals surface area contributed by atoms with E-state index in [0.717, 1.165) is 18.2 Å². The molecule has 0 aliphatic carbocycles. The van der Waals surface area contributed by atoms with Gasteiger partial charge in [0.2, 0.25) is 10.0 Å². The normalized spacial score (nSPS) is 25.8. The molecule has 3 aliphatic heterocycles. The second-order valence-electron chi connectivity index (χ2n) is 7.88. The molecular weight excluding hydrogens is 445 g/mol. The van der Waals surface area contributed by atoms with Gasteiger partial charge in [0.15, 0.2) is 17.5 Å². The lowest BCUT2D eigenvalue weighted by atomic mass is 10.0. The van der Waals surface area contributed by atoms with Crippen LogP contribution in [-0.2, 0) is 10.0 Å². The van der Waals surface area contributed by atoms with Gasteiger partial charge in [0.1, 0.15) is 11.8 Å². The molecule has 2 atom stereocenters. The van der Waals surface area contributed by atoms with Crippen LogP contribution in [0.2, 0.25) is 0 Å². The number of hydrogen-bond acceptors (Lipinski definition) is 8. The van der Waals surface area contributed by atoms with Gasteiger partial charge in [0, 0.05) is 30.1 Å². The van der Waals surface area contributed by atoms with Crippen molar-refractivity contribution in [1.29, 1.82) is 0 Å². The van der Waals surface area contributed by atoms with E-state index in [2.05, 4.69) is 25.9 Å². The van der Waals surface area contributed by atoms with E-state index in [1.807, 2.05) is 6.92 Å². The first kappa shape index (κ1) is 22.0. The Kier molecular flexibility index (Phi) is 5.95. The van der Waals surface area contributed by atoms with Crippen LogP contribution in [-0.4, -0.2) is 53.4 Å². The highest BCUT2D eigenvalue weighted by Crippen LogP contribution is 2.32. The first-order valence-corrected chi connectivity index (χ1v) is 12.1. The molecule has 31 heavy (non-hydrogen) atoms. The number of hydrogen-bond donors (Lipinski definition) is 4. The van der Waals surface area contributed by atoms with Gasteiger partial charge in [-0.15, -0.1) is 0 Å². The highest BCUT2D eigenvalue weighted by Gasteiger charge is 2.40. The summed E-state index contributed by atoms with van der Waals surface area (Å²) in [6.45, 7) is 2.25. The fourth-order valence-electron chi connectivity index (χ4n) is 3.75. The topological polar surface area (TPSA) is 125 Å². The van der Waals surface area contributed by atoms with E-state index in [4.69, 9.17) is 17.3 Å². The summed E-state index contributed by atoms with van der Waals surface area (Å²) in [5, 5.41) is 9.69. The van der Waals surface area contributed by atoms with Crippen LogP contribution in [0.3, 0.4) is 0 Å². The fourth-order valence-corrected chi connectivity index (χ4v) is 5.64. The average Bonchev–Trinajstić information content (AvgIpc) is 3.32. The minimum absolute atomic E-state index is 0.0413. The van der Waals surface area contributed by atoms with Crippen LogP contribution in [0.1, 0.15) is 32.0 Å². The van der Waals surface area contributed by atoms with Crippen molar-refractivity contribution in [3.05, 3.63) is 46.9 Å². The van der Waals surface area contributed by atoms with E-state index in [0.29, 0.717) is 29.3 Å². The van der Waals surface area contributed by atoms with Gasteiger partial charge in [-0.05, 0) is 18.9 Å². The third-order valence-corrected chi connectivity index (χ3v) is 7.59. The molecule has 12 heteroatoms. The molecule has 0 bridgehead atoms. The highest BCUT2D eigenvalue weighted by molar-refractivity contribution is 7.89. The van der Waals surface area contributed by atoms with Crippen LogP contribution < -0.4 is 21.7 Å². The van der Waals surface area contributed by atoms with Crippen molar-refractivity contribution in [2.24, 2.45) is 5.73 Å². The zero-order valence-corrected chi connectivity index (χ0v) is 18.6. The zero-order chi connectivity index (χ0) is 22.2. The van der Waals surface area contributed by atoms with Crippen molar-refractivity contribution in [3.8, 4) is 0 Å². The zero-order valence-electron chi connectivity index (χ0n) is 17.0. The third kappa shape index (κ3) is 4.54. The predicted octanol–water partition coefficient (Wildman–Crippen LogP) is 1.40. The summed E-state index contributed by atoms with van der Waals surface area (Å²) in [5.41, 5.74) is 6.76. The molecule has 168 valence electrons. The van der Waals surface area contributed by atoms with Gasteiger partial charge < -0.3 is 21.7 Å². The Morgan fingerprint density at radius 1 is 1.42 bits per heavy atom. The molecule has 1 aromatic rings. The summed E-state index contributed by atoms with van der Waals surface area (Å²) in [6.07, 6.45) is 7.81. The average molecular weight is 470 g/mol. The van der Waals surface area contributed by atoms with Crippen molar-refractivity contribution in [2.45, 2.75) is 38.0 Å². The molecule has 5 N–H and O–H groups in total. The second-order valence-corrected chi connectivity index (χ2v) is 10.4. The van der Waals surface area contributed by atoms with Crippen LogP contribution in [0.5, 0.6) is 0 Å². The van der Waals surface area contributed by atoms with Crippen molar-refractivity contribution in [2.75, 3.05) is 24.2 Å². The number of nitrogens with two attached hydrogens (primary N) is 1. The van der Waals surface area contributed by atoms with Crippen LogP contribution in [0.4, 0.5) is 10.2 Å². The number of allylic oxidation sites excluding steroid dienone is 2. The Bertz CT molecular complexity index is 1080. The highest BCUT2D eigenvalue weighted by atomic mass is 35.5. The number of unbranched alkanes of at least 4 members (excludes halogenated alkanes) is 1. The number of rotatable bonds is 7. The van der Waals surface area contributed by atoms with Crippen LogP contribution in [0.15, 0.2) is 35.3 Å². The SMILES string of the molecule is CCCCS(=O)(=O)N1CC[C@@](N)(Nc2nc(C3=CNC4NC=C(Cl)C=C34)ncc2F)C1. The van der Waals surface area contributed by atoms with Gasteiger partial charge in [-0.3, -0.25) is 0 Å². The number of anilines is 1. The number of nitrogens with one attached hydrogen (secondary N) is 3. The third-order valence-electron chi connectivity index (χ3n) is 5.47. The lowest BCUT2D eigenvalue weighted by Crippen LogP contribution is -2.51. The van der Waals surface area contributed by atoms with Crippen LogP contribution in [0, 0.1) is 5.82 Å². The van der Waals surface area contributed by atoms with Gasteiger partial charge in [-0.2, -0.15) is 4.31 Å². The molecule has 1 saturated heterocycles. The van der Waals surface area contributed by atoms with E-state index in [1.165, 1.54) is 4.31 Å². The summed E-state index contributed by atoms with van der Waals surface area (Å²) < 4.78 is 40.8. The molecule has 0 spiro atoms. The molecule has 0 saturated carbocycles. The summed E-state index contributed by atoms with van der Waals surface area (Å²) in [7, 11) is -3.40. The quantitative estimate of drug-likeness (QED) is 0.441. The summed E-state index contributed by atoms with van der Waals surface area (Å²) in [5.74, 6) is -0.366. The van der Waals surface area contributed by atoms with Crippen molar-refractivity contribution in [1.82, 2.24) is 24.9 Å². The predicted molar refractivity (Wildman–Crippen MR) is 117 cm³/mol. The number of fused-ring (bicyclic) bond motifs is 1. The number of halogens is 2. The lowest BCUT2D eigenvalue weighted by molar-refractivity contribution is 0.441. The molecule has 4 rings (SSSR count). The molecular formula is C19H25ClFN7O2S. The molecule has 0 radical (unpaired) electrons. The molecule has 9 nitrogen and oxygen atoms in total. The summed E-state index contributed by atoms with van der Waals surface area (Å²) in [4.78, 5) is 8.44. The van der Waals surface area contributed by atoms with Gasteiger partial charge in [0.25, 0.3) is 0 Å². The minimum atomic E-state index is -3.40. The summed E-state index contributed by atoms with van der Waals surface area (Å²) >= 11 is 6.09. The Morgan fingerprint density at radius 3 is 2.97 bits per heavy atom. The smallest absolute Gasteiger partial charge is 0.214 e. The van der Waals surface area contributed by atoms with Crippen molar-refractivity contribution >= 4 is 33.0 Å². The van der Waals surface area contributed by atoms with Gasteiger partial charge in [0.05, 0.1) is 23.5 Å². The molecule has 3 aliphatic rings. The molecule has 1 fully saturated rings. The second kappa shape index (κ2) is 8.38. The van der Waals surface area contributed by atoms with Crippen molar-refractivity contribution < 1.29 is 12.8 Å². The number of dihydropyridines is 1. The maximum atomic E-state index is 14.5. The Hall–Kier alpha value is -2.21. The van der Waals surface area contributed by atoms with Crippen molar-refractivity contribution in [3.63, 3.8) is 0 Å². The standard InChI is InChI=1S/C19H25ClFN7O2S/c1-2-3-6-31(29,30)28-5-4-19(22,11-28)27-18-15(21)10-25-17(26-18)14-9-24-16-13(14)7-12(20)8-23-16/h7-10,16,23-24H,2-6,11,22H2,1H3,(H,25,26,27)/t16?,19-/m1/s1. The Balaban J connectivity index is 1.53. The molecule has 1 aromatic heterocycles. The molecule has 4 heterocycles. The fraction of sp³-hybridized carbons (Fsp3) is 0.474. The first-order valence-electron chi connectivity index (χ1n) is 10.1. The maximum Gasteiger partial charge on any atom is 0.214 e. The van der Waals surface area contributed by atoms with Crippen LogP contribution in [0.25, 0.3) is 5.57 Å². The number of sulfonamides is 1.